The number of piperazine rings is 1. The molecule has 0 aliphatic carbocycles. The third-order valence-corrected chi connectivity index (χ3v) is 3.85. The average Bonchev–Trinajstić information content (AvgIpc) is 2.58. The van der Waals surface area contributed by atoms with E-state index in [1.807, 2.05) is 6.07 Å². The van der Waals surface area contributed by atoms with E-state index < -0.39 is 5.91 Å². The van der Waals surface area contributed by atoms with E-state index in [9.17, 15) is 4.79 Å². The molecule has 1 fully saturated rings. The average molecular weight is 334 g/mol. The lowest BCUT2D eigenvalue weighted by Gasteiger charge is -2.26. The number of nitriles is 1. The highest BCUT2D eigenvalue weighted by Gasteiger charge is 2.11. The molecule has 1 aliphatic rings. The fourth-order valence-corrected chi connectivity index (χ4v) is 2.42. The van der Waals surface area contributed by atoms with Crippen LogP contribution in [0.15, 0.2) is 36.0 Å². The summed E-state index contributed by atoms with van der Waals surface area (Å²) in [4.78, 5) is 14.4. The van der Waals surface area contributed by atoms with E-state index in [1.165, 1.54) is 6.20 Å². The van der Waals surface area contributed by atoms with Gasteiger partial charge in [-0.05, 0) is 12.1 Å². The Bertz CT molecular complexity index is 605. The molecular weight excluding hydrogens is 314 g/mol. The summed E-state index contributed by atoms with van der Waals surface area (Å²) in [7, 11) is 0. The highest BCUT2D eigenvalue weighted by molar-refractivity contribution is 6.33. The zero-order valence-electron chi connectivity index (χ0n) is 12.8. The molecule has 6 nitrogen and oxygen atoms in total. The molecule has 23 heavy (non-hydrogen) atoms. The molecule has 0 spiro atoms. The molecule has 1 aromatic carbocycles. The van der Waals surface area contributed by atoms with Gasteiger partial charge in [0.15, 0.2) is 0 Å². The predicted octanol–water partition coefficient (Wildman–Crippen LogP) is 1.18. The molecule has 122 valence electrons. The number of rotatable bonds is 6. The van der Waals surface area contributed by atoms with Crippen LogP contribution in [0, 0.1) is 11.3 Å². The molecule has 1 amide bonds. The van der Waals surface area contributed by atoms with E-state index in [1.54, 1.807) is 24.3 Å². The first kappa shape index (κ1) is 17.3. The van der Waals surface area contributed by atoms with Crippen molar-refractivity contribution >= 4 is 23.2 Å². The molecule has 0 bridgehead atoms. The summed E-state index contributed by atoms with van der Waals surface area (Å²) in [6.45, 7) is 5.60. The molecule has 1 saturated heterocycles. The second kappa shape index (κ2) is 9.16. The van der Waals surface area contributed by atoms with E-state index in [4.69, 9.17) is 16.9 Å². The number of para-hydroxylation sites is 1. The van der Waals surface area contributed by atoms with Crippen LogP contribution in [-0.4, -0.2) is 50.1 Å². The normalized spacial score (nSPS) is 15.7. The molecule has 7 heteroatoms. The summed E-state index contributed by atoms with van der Waals surface area (Å²) in [5.41, 5.74) is 0.506. The maximum atomic E-state index is 12.1. The zero-order valence-corrected chi connectivity index (χ0v) is 13.6. The van der Waals surface area contributed by atoms with Crippen LogP contribution < -0.4 is 16.0 Å². The number of amides is 1. The Balaban J connectivity index is 1.82. The standard InChI is InChI=1S/C16H20ClN5O/c17-14-3-1-2-4-15(14)21-16(23)13(11-18)12-20-7-10-22-8-5-19-6-9-22/h1-4,12,19-20H,5-10H2,(H,21,23)/b13-12-. The van der Waals surface area contributed by atoms with Gasteiger partial charge in [-0.15, -0.1) is 0 Å². The molecule has 1 aromatic rings. The molecule has 3 N–H and O–H groups in total. The minimum absolute atomic E-state index is 0.0187. The first-order valence-electron chi connectivity index (χ1n) is 7.53. The Hall–Kier alpha value is -2.07. The third-order valence-electron chi connectivity index (χ3n) is 3.52. The number of nitrogens with one attached hydrogen (secondary N) is 3. The molecule has 1 aliphatic heterocycles. The smallest absolute Gasteiger partial charge is 0.267 e. The summed E-state index contributed by atoms with van der Waals surface area (Å²) in [5, 5.41) is 18.5. The number of carbonyl (C=O) groups excluding carboxylic acids is 1. The number of hydrogen-bond acceptors (Lipinski definition) is 5. The van der Waals surface area contributed by atoms with Crippen LogP contribution >= 0.6 is 11.6 Å². The summed E-state index contributed by atoms with van der Waals surface area (Å²) in [6, 6.07) is 8.81. The Morgan fingerprint density at radius 2 is 2.13 bits per heavy atom. The van der Waals surface area contributed by atoms with Gasteiger partial charge in [0, 0.05) is 45.5 Å². The Labute approximate surface area is 141 Å². The molecule has 0 atom stereocenters. The van der Waals surface area contributed by atoms with Gasteiger partial charge in [-0.2, -0.15) is 5.26 Å². The van der Waals surface area contributed by atoms with Crippen molar-refractivity contribution in [1.29, 1.82) is 5.26 Å². The van der Waals surface area contributed by atoms with Gasteiger partial charge in [0.25, 0.3) is 5.91 Å². The van der Waals surface area contributed by atoms with E-state index in [-0.39, 0.29) is 5.57 Å². The lowest BCUT2D eigenvalue weighted by atomic mass is 10.2. The van der Waals surface area contributed by atoms with Crippen LogP contribution in [0.1, 0.15) is 0 Å². The van der Waals surface area contributed by atoms with E-state index in [2.05, 4.69) is 20.9 Å². The minimum Gasteiger partial charge on any atom is -0.388 e. The fourth-order valence-electron chi connectivity index (χ4n) is 2.23. The second-order valence-corrected chi connectivity index (χ2v) is 5.56. The van der Waals surface area contributed by atoms with Crippen LogP contribution in [0.3, 0.4) is 0 Å². The quantitative estimate of drug-likeness (QED) is 0.414. The number of nitrogens with zero attached hydrogens (tertiary/aromatic N) is 2. The van der Waals surface area contributed by atoms with Crippen LogP contribution in [0.5, 0.6) is 0 Å². The van der Waals surface area contributed by atoms with Gasteiger partial charge >= 0.3 is 0 Å². The van der Waals surface area contributed by atoms with E-state index in [0.29, 0.717) is 17.3 Å². The van der Waals surface area contributed by atoms with Crippen molar-refractivity contribution in [2.75, 3.05) is 44.6 Å². The highest BCUT2D eigenvalue weighted by Crippen LogP contribution is 2.20. The number of benzene rings is 1. The molecule has 0 radical (unpaired) electrons. The number of hydrogen-bond donors (Lipinski definition) is 3. The molecule has 2 rings (SSSR count). The molecule has 1 heterocycles. The van der Waals surface area contributed by atoms with E-state index in [0.717, 1.165) is 32.7 Å². The Morgan fingerprint density at radius 1 is 1.39 bits per heavy atom. The first-order valence-corrected chi connectivity index (χ1v) is 7.91. The van der Waals surface area contributed by atoms with Gasteiger partial charge < -0.3 is 16.0 Å². The Kier molecular flexibility index (Phi) is 6.88. The summed E-state index contributed by atoms with van der Waals surface area (Å²) >= 11 is 5.99. The van der Waals surface area contributed by atoms with Gasteiger partial charge in [-0.1, -0.05) is 23.7 Å². The van der Waals surface area contributed by atoms with Crippen LogP contribution in [0.25, 0.3) is 0 Å². The van der Waals surface area contributed by atoms with Crippen LogP contribution in [0.2, 0.25) is 5.02 Å². The number of halogens is 1. The van der Waals surface area contributed by atoms with Crippen LogP contribution in [0.4, 0.5) is 5.69 Å². The fraction of sp³-hybridized carbons (Fsp3) is 0.375. The highest BCUT2D eigenvalue weighted by atomic mass is 35.5. The number of anilines is 1. The molecule has 0 saturated carbocycles. The molecule has 0 unspecified atom stereocenters. The molecular formula is C16H20ClN5O. The van der Waals surface area contributed by atoms with Gasteiger partial charge in [-0.25, -0.2) is 0 Å². The zero-order chi connectivity index (χ0) is 16.5. The largest absolute Gasteiger partial charge is 0.388 e. The Morgan fingerprint density at radius 3 is 2.83 bits per heavy atom. The van der Waals surface area contributed by atoms with Crippen molar-refractivity contribution in [3.8, 4) is 6.07 Å². The van der Waals surface area contributed by atoms with Crippen molar-refractivity contribution in [2.24, 2.45) is 0 Å². The minimum atomic E-state index is -0.477. The van der Waals surface area contributed by atoms with E-state index >= 15 is 0 Å². The van der Waals surface area contributed by atoms with Crippen LogP contribution in [-0.2, 0) is 4.79 Å². The summed E-state index contributed by atoms with van der Waals surface area (Å²) < 4.78 is 0. The SMILES string of the molecule is N#C/C(=C/NCCN1CCNCC1)C(=O)Nc1ccccc1Cl. The predicted molar refractivity (Wildman–Crippen MR) is 91.1 cm³/mol. The summed E-state index contributed by atoms with van der Waals surface area (Å²) in [6.07, 6.45) is 1.45. The van der Waals surface area contributed by atoms with Gasteiger partial charge in [0.05, 0.1) is 10.7 Å². The van der Waals surface area contributed by atoms with Gasteiger partial charge in [0.2, 0.25) is 0 Å². The maximum absolute atomic E-state index is 12.1. The first-order chi connectivity index (χ1) is 11.2. The van der Waals surface area contributed by atoms with Gasteiger partial charge in [-0.3, -0.25) is 9.69 Å². The van der Waals surface area contributed by atoms with Gasteiger partial charge in [0.1, 0.15) is 11.6 Å². The number of carbonyl (C=O) groups is 1. The van der Waals surface area contributed by atoms with Crippen molar-refractivity contribution in [3.63, 3.8) is 0 Å². The topological polar surface area (TPSA) is 80.2 Å². The third kappa shape index (κ3) is 5.57. The lowest BCUT2D eigenvalue weighted by molar-refractivity contribution is -0.112. The maximum Gasteiger partial charge on any atom is 0.267 e. The van der Waals surface area contributed by atoms with Crippen molar-refractivity contribution in [1.82, 2.24) is 15.5 Å². The monoisotopic (exact) mass is 333 g/mol. The summed E-state index contributed by atoms with van der Waals surface area (Å²) in [5.74, 6) is -0.477. The van der Waals surface area contributed by atoms with Crippen molar-refractivity contribution < 1.29 is 4.79 Å². The van der Waals surface area contributed by atoms with Crippen molar-refractivity contribution in [3.05, 3.63) is 41.1 Å². The molecule has 0 aromatic heterocycles. The second-order valence-electron chi connectivity index (χ2n) is 5.15. The lowest BCUT2D eigenvalue weighted by Crippen LogP contribution is -2.45. The van der Waals surface area contributed by atoms with Crippen molar-refractivity contribution in [2.45, 2.75) is 0 Å².